The van der Waals surface area contributed by atoms with Gasteiger partial charge in [-0.1, -0.05) is 66.2 Å². The molecule has 2 unspecified atom stereocenters. The Bertz CT molecular complexity index is 1350. The van der Waals surface area contributed by atoms with Crippen molar-refractivity contribution in [2.75, 3.05) is 19.6 Å². The number of hydrogen-bond acceptors (Lipinski definition) is 9. The molecule has 0 radical (unpaired) electrons. The van der Waals surface area contributed by atoms with E-state index in [1.54, 1.807) is 6.21 Å². The monoisotopic (exact) mass is 696 g/mol. The highest BCUT2D eigenvalue weighted by Crippen LogP contribution is 2.34. The van der Waals surface area contributed by atoms with Crippen LogP contribution in [0.1, 0.15) is 98.3 Å². The van der Waals surface area contributed by atoms with E-state index in [1.165, 1.54) is 11.1 Å². The van der Waals surface area contributed by atoms with Crippen LogP contribution < -0.4 is 26.6 Å². The van der Waals surface area contributed by atoms with Crippen molar-refractivity contribution in [3.05, 3.63) is 0 Å². The molecule has 5 N–H and O–H groups in total. The van der Waals surface area contributed by atoms with Crippen molar-refractivity contribution in [2.45, 2.75) is 141 Å². The summed E-state index contributed by atoms with van der Waals surface area (Å²) in [7, 11) is 0. The van der Waals surface area contributed by atoms with Crippen molar-refractivity contribution in [2.24, 2.45) is 27.2 Å². The average Bonchev–Trinajstić information content (AvgIpc) is 3.66. The molecule has 5 amide bonds. The molecule has 276 valence electrons. The normalized spacial score (nSPS) is 26.8. The fraction of sp³-hybridized carbons (Fsp3) is 0.778. The number of ketones is 1. The van der Waals surface area contributed by atoms with E-state index in [-0.39, 0.29) is 42.8 Å². The summed E-state index contributed by atoms with van der Waals surface area (Å²) in [5.74, 6) is -2.84. The molecule has 0 bridgehead atoms. The van der Waals surface area contributed by atoms with Crippen molar-refractivity contribution >= 4 is 47.7 Å². The van der Waals surface area contributed by atoms with E-state index >= 15 is 0 Å². The Morgan fingerprint density at radius 1 is 0.900 bits per heavy atom. The maximum Gasteiger partial charge on any atom is 0.289 e. The van der Waals surface area contributed by atoms with Gasteiger partial charge in [-0.25, -0.2) is 0 Å². The molecule has 3 heterocycles. The third kappa shape index (κ3) is 9.35. The third-order valence-corrected chi connectivity index (χ3v) is 10.8. The van der Waals surface area contributed by atoms with Gasteiger partial charge in [-0.2, -0.15) is 0 Å². The Kier molecular flexibility index (Phi) is 12.4. The Labute approximate surface area is 295 Å². The van der Waals surface area contributed by atoms with Gasteiger partial charge in [-0.15, -0.1) is 0 Å². The topological polar surface area (TPSA) is 191 Å². The standard InChI is InChI=1S/C36H56N8O6/c1-5-9-24(29(45)34(49)40-23-12-13-23)41-33(48)28-27-22(14-15-39-27)20-44(28)35(50)30(36(2,3)4)43-31(46)25(18-21-10-7-6-8-11-21)42-32(47)26-19-37-16-17-38-26/h16-17,21-28,30,39H,5-15,18-20H2,1-4H3,(H,40,49)(H,41,48)(H,42,47)(H,43,46)/t22-,24-,25-,26?,27?,28-,30+/m0/s1. The van der Waals surface area contributed by atoms with Gasteiger partial charge in [-0.05, 0) is 55.9 Å². The van der Waals surface area contributed by atoms with Gasteiger partial charge in [0, 0.05) is 31.1 Å². The molecule has 0 aromatic heterocycles. The zero-order valence-corrected chi connectivity index (χ0v) is 30.0. The summed E-state index contributed by atoms with van der Waals surface area (Å²) < 4.78 is 0. The second kappa shape index (κ2) is 16.6. The first-order valence-corrected chi connectivity index (χ1v) is 18.7. The summed E-state index contributed by atoms with van der Waals surface area (Å²) in [5, 5.41) is 14.9. The molecule has 50 heavy (non-hydrogen) atoms. The number of rotatable bonds is 14. The molecule has 0 aromatic rings. The van der Waals surface area contributed by atoms with Gasteiger partial charge >= 0.3 is 0 Å². The summed E-state index contributed by atoms with van der Waals surface area (Å²) in [6.45, 7) is 8.67. The zero-order chi connectivity index (χ0) is 36.0. The van der Waals surface area contributed by atoms with Crippen molar-refractivity contribution in [1.82, 2.24) is 31.5 Å². The Morgan fingerprint density at radius 3 is 2.26 bits per heavy atom. The average molecular weight is 697 g/mol. The molecule has 4 fully saturated rings. The molecule has 5 aliphatic rings. The van der Waals surface area contributed by atoms with Gasteiger partial charge in [0.2, 0.25) is 29.4 Å². The summed E-state index contributed by atoms with van der Waals surface area (Å²) in [4.78, 5) is 91.7. The van der Waals surface area contributed by atoms with Crippen LogP contribution in [-0.2, 0) is 28.8 Å². The summed E-state index contributed by atoms with van der Waals surface area (Å²) in [6, 6.07) is -4.87. The van der Waals surface area contributed by atoms with Crippen LogP contribution in [-0.4, -0.2) is 115 Å². The van der Waals surface area contributed by atoms with E-state index in [2.05, 4.69) is 36.6 Å². The Hall–Kier alpha value is -3.68. The Balaban J connectivity index is 1.33. The SMILES string of the molecule is CCC[C@H](NC(=O)[C@@H]1C2NCC[C@H]2CN1C(=O)[C@@H](NC(=O)[C@H](CC1CCCCC1)NC(=O)C1CN=CC=N1)C(C)(C)C)C(=O)C(=O)NC1CC1. The predicted octanol–water partition coefficient (Wildman–Crippen LogP) is 0.818. The highest BCUT2D eigenvalue weighted by Gasteiger charge is 2.52. The molecule has 14 heteroatoms. The number of carbonyl (C=O) groups excluding carboxylic acids is 6. The lowest BCUT2D eigenvalue weighted by atomic mass is 9.83. The van der Waals surface area contributed by atoms with E-state index in [1.807, 2.05) is 27.7 Å². The molecule has 5 rings (SSSR count). The summed E-state index contributed by atoms with van der Waals surface area (Å²) in [5.41, 5.74) is -0.748. The number of Topliss-reactive ketones (excluding diaryl/α,β-unsaturated/α-hetero) is 1. The van der Waals surface area contributed by atoms with Crippen molar-refractivity contribution in [3.63, 3.8) is 0 Å². The van der Waals surface area contributed by atoms with Gasteiger partial charge < -0.3 is 31.5 Å². The molecule has 0 spiro atoms. The van der Waals surface area contributed by atoms with Crippen molar-refractivity contribution in [3.8, 4) is 0 Å². The number of aliphatic imine (C=N–C) groups is 2. The van der Waals surface area contributed by atoms with Crippen LogP contribution in [0.25, 0.3) is 0 Å². The molecule has 2 aliphatic carbocycles. The number of nitrogens with one attached hydrogen (secondary N) is 5. The van der Waals surface area contributed by atoms with Crippen LogP contribution in [0.15, 0.2) is 9.98 Å². The van der Waals surface area contributed by atoms with Crippen LogP contribution in [0.5, 0.6) is 0 Å². The lowest BCUT2D eigenvalue weighted by Crippen LogP contribution is -2.63. The molecule has 14 nitrogen and oxygen atoms in total. The number of nitrogens with zero attached hydrogens (tertiary/aromatic N) is 3. The van der Waals surface area contributed by atoms with E-state index in [4.69, 9.17) is 0 Å². The zero-order valence-electron chi connectivity index (χ0n) is 30.0. The lowest BCUT2D eigenvalue weighted by Gasteiger charge is -2.37. The molecular weight excluding hydrogens is 640 g/mol. The second-order valence-electron chi connectivity index (χ2n) is 15.9. The van der Waals surface area contributed by atoms with Crippen LogP contribution >= 0.6 is 0 Å². The lowest BCUT2D eigenvalue weighted by molar-refractivity contribution is -0.146. The fourth-order valence-electron chi connectivity index (χ4n) is 7.77. The number of amides is 5. The molecular formula is C36H56N8O6. The summed E-state index contributed by atoms with van der Waals surface area (Å²) in [6.07, 6.45) is 12.0. The van der Waals surface area contributed by atoms with Gasteiger partial charge in [0.1, 0.15) is 24.2 Å². The van der Waals surface area contributed by atoms with Gasteiger partial charge in [0.05, 0.1) is 12.6 Å². The van der Waals surface area contributed by atoms with E-state index in [9.17, 15) is 28.8 Å². The molecule has 2 saturated carbocycles. The van der Waals surface area contributed by atoms with E-state index in [0.717, 1.165) is 51.4 Å². The number of likely N-dealkylation sites (tertiary alicyclic amines) is 1. The molecule has 0 aromatic carbocycles. The summed E-state index contributed by atoms with van der Waals surface area (Å²) >= 11 is 0. The minimum Gasteiger partial charge on any atom is -0.347 e. The number of fused-ring (bicyclic) bond motifs is 1. The smallest absolute Gasteiger partial charge is 0.289 e. The van der Waals surface area contributed by atoms with E-state index < -0.39 is 65.0 Å². The largest absolute Gasteiger partial charge is 0.347 e. The van der Waals surface area contributed by atoms with Gasteiger partial charge in [-0.3, -0.25) is 38.8 Å². The predicted molar refractivity (Wildman–Crippen MR) is 189 cm³/mol. The van der Waals surface area contributed by atoms with E-state index in [0.29, 0.717) is 25.9 Å². The number of carbonyl (C=O) groups is 6. The number of hydrogen-bond donors (Lipinski definition) is 5. The van der Waals surface area contributed by atoms with Gasteiger partial charge in [0.25, 0.3) is 5.91 Å². The fourth-order valence-corrected chi connectivity index (χ4v) is 7.77. The van der Waals surface area contributed by atoms with Gasteiger partial charge in [0.15, 0.2) is 0 Å². The first-order valence-electron chi connectivity index (χ1n) is 18.7. The minimum atomic E-state index is -1.01. The van der Waals surface area contributed by atoms with Crippen LogP contribution in [0.3, 0.4) is 0 Å². The molecule has 3 aliphatic heterocycles. The van der Waals surface area contributed by atoms with Crippen LogP contribution in [0, 0.1) is 17.3 Å². The highest BCUT2D eigenvalue weighted by atomic mass is 16.2. The van der Waals surface area contributed by atoms with Crippen molar-refractivity contribution in [1.29, 1.82) is 0 Å². The quantitative estimate of drug-likeness (QED) is 0.166. The second-order valence-corrected chi connectivity index (χ2v) is 15.9. The molecule has 7 atom stereocenters. The maximum absolute atomic E-state index is 14.6. The maximum atomic E-state index is 14.6. The first kappa shape index (κ1) is 37.6. The first-order chi connectivity index (χ1) is 23.9. The van der Waals surface area contributed by atoms with Crippen molar-refractivity contribution < 1.29 is 28.8 Å². The third-order valence-electron chi connectivity index (χ3n) is 10.8. The minimum absolute atomic E-state index is 0.00544. The Morgan fingerprint density at radius 2 is 1.62 bits per heavy atom. The highest BCUT2D eigenvalue weighted by molar-refractivity contribution is 6.38. The molecule has 2 saturated heterocycles. The van der Waals surface area contributed by atoms with Crippen LogP contribution in [0.2, 0.25) is 0 Å². The van der Waals surface area contributed by atoms with Crippen LogP contribution in [0.4, 0.5) is 0 Å².